The summed E-state index contributed by atoms with van der Waals surface area (Å²) < 4.78 is 23.5. The lowest BCUT2D eigenvalue weighted by Gasteiger charge is -2.12. The van der Waals surface area contributed by atoms with E-state index in [1.165, 1.54) is 6.92 Å². The average molecular weight is 271 g/mol. The summed E-state index contributed by atoms with van der Waals surface area (Å²) in [5.74, 6) is -0.744. The second kappa shape index (κ2) is 6.51. The van der Waals surface area contributed by atoms with E-state index in [4.69, 9.17) is 5.11 Å². The number of sulfone groups is 1. The highest BCUT2D eigenvalue weighted by Crippen LogP contribution is 2.10. The predicted octanol–water partition coefficient (Wildman–Crippen LogP) is 0.811. The van der Waals surface area contributed by atoms with Gasteiger partial charge in [-0.05, 0) is 25.5 Å². The maximum atomic E-state index is 11.8. The van der Waals surface area contributed by atoms with Gasteiger partial charge in [0, 0.05) is 12.3 Å². The number of nitrogens with one attached hydrogen (secondary N) is 1. The van der Waals surface area contributed by atoms with Crippen LogP contribution in [0.2, 0.25) is 0 Å². The van der Waals surface area contributed by atoms with Crippen molar-refractivity contribution in [3.8, 4) is 0 Å². The molecular formula is C12H17NO4S. The van der Waals surface area contributed by atoms with Crippen LogP contribution in [0, 0.1) is 0 Å². The van der Waals surface area contributed by atoms with Crippen LogP contribution in [-0.4, -0.2) is 37.0 Å². The molecule has 5 nitrogen and oxygen atoms in total. The molecule has 100 valence electrons. The molecule has 2 N–H and O–H groups in total. The molecule has 18 heavy (non-hydrogen) atoms. The quantitative estimate of drug-likeness (QED) is 0.802. The van der Waals surface area contributed by atoms with E-state index in [9.17, 15) is 13.2 Å². The monoisotopic (exact) mass is 271 g/mol. The van der Waals surface area contributed by atoms with Crippen LogP contribution in [0.15, 0.2) is 30.3 Å². The number of hydrogen-bond donors (Lipinski definition) is 2. The molecule has 0 saturated heterocycles. The summed E-state index contributed by atoms with van der Waals surface area (Å²) in [6, 6.07) is 8.67. The number of carbonyl (C=O) groups excluding carboxylic acids is 1. The first-order valence-electron chi connectivity index (χ1n) is 5.65. The van der Waals surface area contributed by atoms with Gasteiger partial charge < -0.3 is 10.4 Å². The highest BCUT2D eigenvalue weighted by atomic mass is 32.2. The summed E-state index contributed by atoms with van der Waals surface area (Å²) in [5.41, 5.74) is 0.562. The largest absolute Gasteiger partial charge is 0.396 e. The zero-order chi connectivity index (χ0) is 13.6. The highest BCUT2D eigenvalue weighted by Gasteiger charge is 2.27. The zero-order valence-corrected chi connectivity index (χ0v) is 11.0. The first-order chi connectivity index (χ1) is 8.47. The molecule has 1 atom stereocenters. The molecule has 1 aromatic rings. The van der Waals surface area contributed by atoms with Crippen molar-refractivity contribution in [1.82, 2.24) is 0 Å². The van der Waals surface area contributed by atoms with E-state index in [0.717, 1.165) is 0 Å². The molecule has 0 aromatic heterocycles. The fourth-order valence-electron chi connectivity index (χ4n) is 1.37. The van der Waals surface area contributed by atoms with Crippen LogP contribution in [0.1, 0.15) is 13.3 Å². The molecule has 1 rings (SSSR count). The molecule has 0 heterocycles. The molecule has 0 radical (unpaired) electrons. The molecule has 0 spiro atoms. The fourth-order valence-corrected chi connectivity index (χ4v) is 2.64. The normalized spacial score (nSPS) is 13.0. The second-order valence-corrected chi connectivity index (χ2v) is 6.38. The minimum atomic E-state index is -3.51. The molecule has 0 aliphatic heterocycles. The SMILES string of the molecule is CC(C(=O)Nc1ccccc1)S(=O)(=O)CCCO. The Kier molecular flexibility index (Phi) is 5.30. The number of amides is 1. The van der Waals surface area contributed by atoms with Crippen LogP contribution in [-0.2, 0) is 14.6 Å². The van der Waals surface area contributed by atoms with Crippen molar-refractivity contribution in [3.63, 3.8) is 0 Å². The van der Waals surface area contributed by atoms with Crippen LogP contribution >= 0.6 is 0 Å². The van der Waals surface area contributed by atoms with Gasteiger partial charge in [-0.15, -0.1) is 0 Å². The third-order valence-corrected chi connectivity index (χ3v) is 4.69. The molecule has 0 saturated carbocycles. The zero-order valence-electron chi connectivity index (χ0n) is 10.2. The maximum absolute atomic E-state index is 11.8. The van der Waals surface area contributed by atoms with Gasteiger partial charge in [0.25, 0.3) is 0 Å². The fraction of sp³-hybridized carbons (Fsp3) is 0.417. The van der Waals surface area contributed by atoms with Crippen molar-refractivity contribution in [3.05, 3.63) is 30.3 Å². The number of benzene rings is 1. The minimum Gasteiger partial charge on any atom is -0.396 e. The average Bonchev–Trinajstić information content (AvgIpc) is 2.36. The standard InChI is InChI=1S/C12H17NO4S/c1-10(18(16,17)9-5-8-14)12(15)13-11-6-3-2-4-7-11/h2-4,6-7,10,14H,5,8-9H2,1H3,(H,13,15). The van der Waals surface area contributed by atoms with Gasteiger partial charge in [0.2, 0.25) is 5.91 Å². The van der Waals surface area contributed by atoms with E-state index in [1.54, 1.807) is 30.3 Å². The van der Waals surface area contributed by atoms with Gasteiger partial charge in [0.15, 0.2) is 9.84 Å². The summed E-state index contributed by atoms with van der Waals surface area (Å²) in [6.07, 6.45) is 0.144. The number of rotatable bonds is 6. The molecule has 1 aromatic carbocycles. The topological polar surface area (TPSA) is 83.5 Å². The molecule has 1 amide bonds. The number of anilines is 1. The van der Waals surface area contributed by atoms with Crippen molar-refractivity contribution in [1.29, 1.82) is 0 Å². The number of carbonyl (C=O) groups is 1. The van der Waals surface area contributed by atoms with Gasteiger partial charge in [-0.25, -0.2) is 8.42 Å². The van der Waals surface area contributed by atoms with Gasteiger partial charge >= 0.3 is 0 Å². The van der Waals surface area contributed by atoms with Crippen molar-refractivity contribution in [2.45, 2.75) is 18.6 Å². The first-order valence-corrected chi connectivity index (χ1v) is 7.37. The van der Waals surface area contributed by atoms with Crippen LogP contribution in [0.5, 0.6) is 0 Å². The Morgan fingerprint density at radius 3 is 2.50 bits per heavy atom. The van der Waals surface area contributed by atoms with Gasteiger partial charge in [-0.1, -0.05) is 18.2 Å². The van der Waals surface area contributed by atoms with Crippen LogP contribution in [0.25, 0.3) is 0 Å². The smallest absolute Gasteiger partial charge is 0.242 e. The van der Waals surface area contributed by atoms with Crippen LogP contribution in [0.3, 0.4) is 0 Å². The number of para-hydroxylation sites is 1. The van der Waals surface area contributed by atoms with E-state index in [0.29, 0.717) is 5.69 Å². The lowest BCUT2D eigenvalue weighted by atomic mass is 10.3. The number of aliphatic hydroxyl groups excluding tert-OH is 1. The maximum Gasteiger partial charge on any atom is 0.242 e. The van der Waals surface area contributed by atoms with E-state index in [2.05, 4.69) is 5.32 Å². The van der Waals surface area contributed by atoms with Crippen molar-refractivity contribution < 1.29 is 18.3 Å². The Balaban J connectivity index is 2.67. The number of aliphatic hydroxyl groups is 1. The lowest BCUT2D eigenvalue weighted by Crippen LogP contribution is -2.34. The summed E-state index contributed by atoms with van der Waals surface area (Å²) in [5, 5.41) is 10.0. The molecule has 0 bridgehead atoms. The van der Waals surface area contributed by atoms with E-state index in [-0.39, 0.29) is 18.8 Å². The first kappa shape index (κ1) is 14.7. The summed E-state index contributed by atoms with van der Waals surface area (Å²) >= 11 is 0. The lowest BCUT2D eigenvalue weighted by molar-refractivity contribution is -0.115. The van der Waals surface area contributed by atoms with Crippen molar-refractivity contribution >= 4 is 21.4 Å². The van der Waals surface area contributed by atoms with Gasteiger partial charge in [0.1, 0.15) is 5.25 Å². The Morgan fingerprint density at radius 2 is 1.94 bits per heavy atom. The van der Waals surface area contributed by atoms with Crippen molar-refractivity contribution in [2.24, 2.45) is 0 Å². The van der Waals surface area contributed by atoms with E-state index in [1.807, 2.05) is 0 Å². The van der Waals surface area contributed by atoms with Gasteiger partial charge in [0.05, 0.1) is 5.75 Å². The van der Waals surface area contributed by atoms with E-state index >= 15 is 0 Å². The second-order valence-electron chi connectivity index (χ2n) is 3.94. The Morgan fingerprint density at radius 1 is 1.33 bits per heavy atom. The summed E-state index contributed by atoms with van der Waals surface area (Å²) in [6.45, 7) is 1.15. The summed E-state index contributed by atoms with van der Waals surface area (Å²) in [7, 11) is -3.51. The Hall–Kier alpha value is -1.40. The molecule has 1 unspecified atom stereocenters. The third kappa shape index (κ3) is 4.12. The molecule has 0 fully saturated rings. The molecule has 0 aliphatic rings. The van der Waals surface area contributed by atoms with Gasteiger partial charge in [-0.2, -0.15) is 0 Å². The third-order valence-electron chi connectivity index (χ3n) is 2.54. The Bertz CT molecular complexity index is 484. The summed E-state index contributed by atoms with van der Waals surface area (Å²) in [4.78, 5) is 11.8. The number of hydrogen-bond acceptors (Lipinski definition) is 4. The minimum absolute atomic E-state index is 0.144. The van der Waals surface area contributed by atoms with E-state index < -0.39 is 21.0 Å². The van der Waals surface area contributed by atoms with Crippen LogP contribution < -0.4 is 5.32 Å². The molecule has 0 aliphatic carbocycles. The van der Waals surface area contributed by atoms with Gasteiger partial charge in [-0.3, -0.25) is 4.79 Å². The predicted molar refractivity (Wildman–Crippen MR) is 70.0 cm³/mol. The highest BCUT2D eigenvalue weighted by molar-refractivity contribution is 7.92. The van der Waals surface area contributed by atoms with Crippen LogP contribution in [0.4, 0.5) is 5.69 Å². The van der Waals surface area contributed by atoms with Crippen molar-refractivity contribution in [2.75, 3.05) is 17.7 Å². The molecule has 6 heteroatoms. The molecular weight excluding hydrogens is 254 g/mol. The Labute approximate surface area is 107 Å².